The van der Waals surface area contributed by atoms with E-state index in [9.17, 15) is 0 Å². The Hall–Kier alpha value is -1.82. The van der Waals surface area contributed by atoms with Gasteiger partial charge in [0.25, 0.3) is 0 Å². The molecule has 70 valence electrons. The van der Waals surface area contributed by atoms with Crippen LogP contribution in [0.1, 0.15) is 19.4 Å². The molecule has 0 aliphatic carbocycles. The number of pyridine rings is 1. The van der Waals surface area contributed by atoms with E-state index in [0.29, 0.717) is 0 Å². The predicted octanol–water partition coefficient (Wildman–Crippen LogP) is 2.14. The molecule has 2 rings (SSSR count). The van der Waals surface area contributed by atoms with Crippen LogP contribution in [-0.2, 0) is 5.41 Å². The lowest BCUT2D eigenvalue weighted by molar-refractivity contribution is 0.693. The zero-order valence-corrected chi connectivity index (χ0v) is 8.23. The largest absolute Gasteiger partial charge is 0.241 e. The Labute approximate surface area is 82.6 Å². The lowest BCUT2D eigenvalue weighted by atomic mass is 9.87. The first-order valence-electron chi connectivity index (χ1n) is 4.49. The molecular formula is C11H11N3. The monoisotopic (exact) mass is 185 g/mol. The molecule has 0 N–H and O–H groups in total. The third kappa shape index (κ3) is 1.16. The first-order chi connectivity index (χ1) is 6.65. The lowest BCUT2D eigenvalue weighted by Gasteiger charge is -2.12. The second kappa shape index (κ2) is 2.85. The van der Waals surface area contributed by atoms with Crippen molar-refractivity contribution in [3.05, 3.63) is 36.2 Å². The highest BCUT2D eigenvalue weighted by Crippen LogP contribution is 2.25. The molecule has 2 heterocycles. The van der Waals surface area contributed by atoms with Gasteiger partial charge in [0.15, 0.2) is 0 Å². The summed E-state index contributed by atoms with van der Waals surface area (Å²) in [5.74, 6) is 0. The fraction of sp³-hybridized carbons (Fsp3) is 0.273. The average molecular weight is 185 g/mol. The van der Waals surface area contributed by atoms with Gasteiger partial charge >= 0.3 is 0 Å². The van der Waals surface area contributed by atoms with E-state index in [1.54, 1.807) is 10.7 Å². The minimum Gasteiger partial charge on any atom is -0.241 e. The van der Waals surface area contributed by atoms with Gasteiger partial charge in [0.05, 0.1) is 23.2 Å². The van der Waals surface area contributed by atoms with Crippen LogP contribution in [0.5, 0.6) is 0 Å². The Balaban J connectivity index is 2.72. The molecule has 3 nitrogen and oxygen atoms in total. The summed E-state index contributed by atoms with van der Waals surface area (Å²) < 4.78 is 1.79. The third-order valence-corrected chi connectivity index (χ3v) is 2.38. The minimum atomic E-state index is -0.483. The van der Waals surface area contributed by atoms with Crippen molar-refractivity contribution in [2.75, 3.05) is 0 Å². The number of rotatable bonds is 1. The van der Waals surface area contributed by atoms with E-state index in [4.69, 9.17) is 5.26 Å². The van der Waals surface area contributed by atoms with E-state index in [-0.39, 0.29) is 0 Å². The Morgan fingerprint density at radius 3 is 2.93 bits per heavy atom. The molecule has 2 aromatic heterocycles. The van der Waals surface area contributed by atoms with Gasteiger partial charge in [-0.2, -0.15) is 10.4 Å². The van der Waals surface area contributed by atoms with Crippen LogP contribution in [0, 0.1) is 11.3 Å². The van der Waals surface area contributed by atoms with Crippen LogP contribution in [0.3, 0.4) is 0 Å². The molecular weight excluding hydrogens is 174 g/mol. The summed E-state index contributed by atoms with van der Waals surface area (Å²) >= 11 is 0. The molecule has 0 saturated carbocycles. The van der Waals surface area contributed by atoms with Gasteiger partial charge in [-0.25, -0.2) is 4.52 Å². The topological polar surface area (TPSA) is 41.1 Å². The van der Waals surface area contributed by atoms with Crippen LogP contribution in [0.4, 0.5) is 0 Å². The second-order valence-electron chi connectivity index (χ2n) is 3.83. The number of nitriles is 1. The van der Waals surface area contributed by atoms with E-state index in [0.717, 1.165) is 11.1 Å². The molecule has 0 bridgehead atoms. The summed E-state index contributed by atoms with van der Waals surface area (Å²) in [6.07, 6.45) is 3.64. The fourth-order valence-corrected chi connectivity index (χ4v) is 1.48. The fourth-order valence-electron chi connectivity index (χ4n) is 1.48. The van der Waals surface area contributed by atoms with Crippen molar-refractivity contribution in [2.24, 2.45) is 0 Å². The van der Waals surface area contributed by atoms with Gasteiger partial charge in [-0.05, 0) is 26.0 Å². The maximum Gasteiger partial charge on any atom is 0.0803 e. The summed E-state index contributed by atoms with van der Waals surface area (Å²) in [5.41, 5.74) is 1.49. The first-order valence-corrected chi connectivity index (χ1v) is 4.49. The highest BCUT2D eigenvalue weighted by atomic mass is 15.2. The quantitative estimate of drug-likeness (QED) is 0.683. The van der Waals surface area contributed by atoms with Crippen LogP contribution in [0.25, 0.3) is 5.52 Å². The highest BCUT2D eigenvalue weighted by Gasteiger charge is 2.23. The smallest absolute Gasteiger partial charge is 0.0803 e. The molecule has 0 aliphatic rings. The lowest BCUT2D eigenvalue weighted by Crippen LogP contribution is -2.13. The standard InChI is InChI=1S/C11H11N3/c1-11(2,8-12)9-7-13-14-6-4-3-5-10(9)14/h3-7H,1-2H3. The number of fused-ring (bicyclic) bond motifs is 1. The Kier molecular flexibility index (Phi) is 1.78. The van der Waals surface area contributed by atoms with Crippen LogP contribution >= 0.6 is 0 Å². The molecule has 0 atom stereocenters. The summed E-state index contributed by atoms with van der Waals surface area (Å²) in [6.45, 7) is 3.80. The van der Waals surface area contributed by atoms with Gasteiger partial charge in [0, 0.05) is 11.8 Å². The summed E-state index contributed by atoms with van der Waals surface area (Å²) in [5, 5.41) is 13.2. The van der Waals surface area contributed by atoms with Crippen LogP contribution in [-0.4, -0.2) is 9.61 Å². The van der Waals surface area contributed by atoms with E-state index < -0.39 is 5.41 Å². The molecule has 0 radical (unpaired) electrons. The molecule has 0 saturated heterocycles. The molecule has 2 aromatic rings. The molecule has 0 aromatic carbocycles. The Morgan fingerprint density at radius 1 is 1.43 bits per heavy atom. The van der Waals surface area contributed by atoms with Gasteiger partial charge in [0.2, 0.25) is 0 Å². The molecule has 3 heteroatoms. The van der Waals surface area contributed by atoms with Crippen molar-refractivity contribution in [1.82, 2.24) is 9.61 Å². The number of aromatic nitrogens is 2. The van der Waals surface area contributed by atoms with Crippen LogP contribution < -0.4 is 0 Å². The van der Waals surface area contributed by atoms with Gasteiger partial charge < -0.3 is 0 Å². The SMILES string of the molecule is CC(C)(C#N)c1cnn2ccccc12. The number of nitrogens with zero attached hydrogens (tertiary/aromatic N) is 3. The van der Waals surface area contributed by atoms with Crippen molar-refractivity contribution in [1.29, 1.82) is 5.26 Å². The van der Waals surface area contributed by atoms with Gasteiger partial charge in [0.1, 0.15) is 0 Å². The second-order valence-corrected chi connectivity index (χ2v) is 3.83. The highest BCUT2D eigenvalue weighted by molar-refractivity contribution is 5.58. The van der Waals surface area contributed by atoms with Crippen molar-refractivity contribution in [3.8, 4) is 6.07 Å². The molecule has 0 unspecified atom stereocenters. The van der Waals surface area contributed by atoms with Crippen molar-refractivity contribution in [2.45, 2.75) is 19.3 Å². The van der Waals surface area contributed by atoms with E-state index in [1.807, 2.05) is 38.2 Å². The molecule has 0 fully saturated rings. The van der Waals surface area contributed by atoms with Gasteiger partial charge in [-0.3, -0.25) is 0 Å². The van der Waals surface area contributed by atoms with Gasteiger partial charge in [-0.15, -0.1) is 0 Å². The number of hydrogen-bond donors (Lipinski definition) is 0. The van der Waals surface area contributed by atoms with E-state index in [1.165, 1.54) is 0 Å². The van der Waals surface area contributed by atoms with E-state index in [2.05, 4.69) is 11.2 Å². The zero-order chi connectivity index (χ0) is 10.2. The van der Waals surface area contributed by atoms with Crippen LogP contribution in [0.15, 0.2) is 30.6 Å². The summed E-state index contributed by atoms with van der Waals surface area (Å²) in [7, 11) is 0. The predicted molar refractivity (Wildman–Crippen MR) is 53.8 cm³/mol. The minimum absolute atomic E-state index is 0.483. The number of hydrogen-bond acceptors (Lipinski definition) is 2. The maximum atomic E-state index is 9.04. The summed E-state index contributed by atoms with van der Waals surface area (Å²) in [4.78, 5) is 0. The Bertz CT molecular complexity index is 502. The van der Waals surface area contributed by atoms with Crippen molar-refractivity contribution >= 4 is 5.52 Å². The third-order valence-electron chi connectivity index (χ3n) is 2.38. The zero-order valence-electron chi connectivity index (χ0n) is 8.23. The molecule has 0 aliphatic heterocycles. The maximum absolute atomic E-state index is 9.04. The molecule has 14 heavy (non-hydrogen) atoms. The Morgan fingerprint density at radius 2 is 2.21 bits per heavy atom. The van der Waals surface area contributed by atoms with Crippen molar-refractivity contribution in [3.63, 3.8) is 0 Å². The van der Waals surface area contributed by atoms with Crippen molar-refractivity contribution < 1.29 is 0 Å². The average Bonchev–Trinajstić information content (AvgIpc) is 2.61. The van der Waals surface area contributed by atoms with Gasteiger partial charge in [-0.1, -0.05) is 6.07 Å². The molecule has 0 amide bonds. The van der Waals surface area contributed by atoms with E-state index >= 15 is 0 Å². The molecule has 0 spiro atoms. The normalized spacial score (nSPS) is 11.5. The van der Waals surface area contributed by atoms with Crippen LogP contribution in [0.2, 0.25) is 0 Å². The summed E-state index contributed by atoms with van der Waals surface area (Å²) in [6, 6.07) is 8.13. The first kappa shape index (κ1) is 8.76.